The molecule has 0 radical (unpaired) electrons. The van der Waals surface area contributed by atoms with E-state index in [0.717, 1.165) is 0 Å². The molecule has 0 saturated carbocycles. The molecule has 0 saturated heterocycles. The number of aliphatic hydroxyl groups is 1. The van der Waals surface area contributed by atoms with Gasteiger partial charge in [-0.15, -0.1) is 31.7 Å². The van der Waals surface area contributed by atoms with E-state index in [-0.39, 0.29) is 38.8 Å². The molecule has 0 heterocycles. The summed E-state index contributed by atoms with van der Waals surface area (Å²) in [5.41, 5.74) is 4.25. The minimum absolute atomic E-state index is 0. The fourth-order valence-corrected chi connectivity index (χ4v) is 1.16. The second-order valence-corrected chi connectivity index (χ2v) is 4.81. The van der Waals surface area contributed by atoms with Gasteiger partial charge in [0.25, 0.3) is 0 Å². The first-order valence-electron chi connectivity index (χ1n) is 4.78. The van der Waals surface area contributed by atoms with Crippen LogP contribution in [0.1, 0.15) is 27.7 Å². The normalized spacial score (nSPS) is 15.0. The molecule has 0 aliphatic heterocycles. The Balaban J connectivity index is -0.0000000549. The summed E-state index contributed by atoms with van der Waals surface area (Å²) >= 11 is -0.722. The number of hydrogen-bond acceptors (Lipinski definition) is 2. The third-order valence-electron chi connectivity index (χ3n) is 2.24. The molecule has 0 aromatic rings. The third kappa shape index (κ3) is 14.8. The van der Waals surface area contributed by atoms with Gasteiger partial charge < -0.3 is 19.5 Å². The zero-order valence-corrected chi connectivity index (χ0v) is 16.5. The molecule has 1 aliphatic carbocycles. The van der Waals surface area contributed by atoms with Crippen LogP contribution < -0.4 is 0 Å². The van der Waals surface area contributed by atoms with Crippen molar-refractivity contribution < 1.29 is 26.3 Å². The molecule has 1 N–H and O–H groups in total. The molecule has 0 aromatic carbocycles. The Bertz CT molecular complexity index is 286. The zero-order chi connectivity index (χ0) is 12.4. The van der Waals surface area contributed by atoms with Crippen LogP contribution in [0.15, 0.2) is 16.7 Å². The number of halogens is 2. The van der Waals surface area contributed by atoms with Crippen LogP contribution in [0.2, 0.25) is 0 Å². The first-order valence-corrected chi connectivity index (χ1v) is 9.44. The zero-order valence-electron chi connectivity index (χ0n) is 11.9. The van der Waals surface area contributed by atoms with Crippen LogP contribution in [-0.2, 0) is 21.2 Å². The molecular formula is C12H25Cl2O2SiTi-3. The SMILES string of the molecule is CC1=[C-]C(C)C(C)=C1C.Cl.Cl.[CH2-]CO.[CH3-].[O]=[Ti]=[SiH2]. The molecular weight excluding hydrogens is 323 g/mol. The average molecular weight is 348 g/mol. The van der Waals surface area contributed by atoms with Gasteiger partial charge in [-0.1, -0.05) is 33.3 Å². The maximum atomic E-state index is 9.07. The Hall–Kier alpha value is 0.751. The van der Waals surface area contributed by atoms with Gasteiger partial charge in [0.1, 0.15) is 0 Å². The van der Waals surface area contributed by atoms with Crippen molar-refractivity contribution in [3.05, 3.63) is 37.1 Å². The van der Waals surface area contributed by atoms with Gasteiger partial charge in [-0.05, 0) is 0 Å². The van der Waals surface area contributed by atoms with Crippen LogP contribution in [-0.4, -0.2) is 19.3 Å². The van der Waals surface area contributed by atoms with Gasteiger partial charge in [-0.25, -0.2) is 5.57 Å². The standard InChI is InChI=1S/C9H13.C2H5O.CH3.2ClH.O.H2Si.Ti/c1-6-5-7(2)9(4)8(6)3;1-2-3;;;;;;/h6H,1-4H3;3H,1-2H2;1H3;2*1H;;1H2;/q3*-1;;;;;. The van der Waals surface area contributed by atoms with E-state index >= 15 is 0 Å². The Labute approximate surface area is 135 Å². The van der Waals surface area contributed by atoms with E-state index < -0.39 is 17.9 Å². The predicted octanol–water partition coefficient (Wildman–Crippen LogP) is 2.79. The van der Waals surface area contributed by atoms with Gasteiger partial charge in [0.2, 0.25) is 0 Å². The van der Waals surface area contributed by atoms with Crippen molar-refractivity contribution in [2.24, 2.45) is 5.92 Å². The van der Waals surface area contributed by atoms with E-state index in [9.17, 15) is 0 Å². The van der Waals surface area contributed by atoms with Gasteiger partial charge in [-0.3, -0.25) is 6.08 Å². The second kappa shape index (κ2) is 20.1. The Morgan fingerprint density at radius 1 is 1.39 bits per heavy atom. The Morgan fingerprint density at radius 3 is 1.72 bits per heavy atom. The predicted molar refractivity (Wildman–Crippen MR) is 82.6 cm³/mol. The van der Waals surface area contributed by atoms with Gasteiger partial charge in [0.05, 0.1) is 0 Å². The molecule has 0 aromatic heterocycles. The third-order valence-corrected chi connectivity index (χ3v) is 2.24. The Kier molecular flexibility index (Phi) is 34.9. The van der Waals surface area contributed by atoms with Crippen molar-refractivity contribution in [3.63, 3.8) is 0 Å². The summed E-state index contributed by atoms with van der Waals surface area (Å²) in [7, 11) is 1.54. The molecule has 110 valence electrons. The first kappa shape index (κ1) is 31.2. The van der Waals surface area contributed by atoms with E-state index in [0.29, 0.717) is 5.92 Å². The molecule has 2 nitrogen and oxygen atoms in total. The Morgan fingerprint density at radius 2 is 1.67 bits per heavy atom. The van der Waals surface area contributed by atoms with Gasteiger partial charge in [-0.2, -0.15) is 11.1 Å². The summed E-state index contributed by atoms with van der Waals surface area (Å²) < 4.78 is 9.07. The van der Waals surface area contributed by atoms with Gasteiger partial charge >= 0.3 is 28.8 Å². The van der Waals surface area contributed by atoms with E-state index in [2.05, 4.69) is 40.7 Å². The molecule has 18 heavy (non-hydrogen) atoms. The van der Waals surface area contributed by atoms with Crippen LogP contribution in [0.25, 0.3) is 0 Å². The summed E-state index contributed by atoms with van der Waals surface area (Å²) in [6.45, 7) is 11.7. The topological polar surface area (TPSA) is 37.3 Å². The molecule has 1 atom stereocenters. The molecule has 0 spiro atoms. The minimum atomic E-state index is -0.722. The fraction of sp³-hybridized carbons (Fsp3) is 0.500. The van der Waals surface area contributed by atoms with Crippen molar-refractivity contribution in [3.8, 4) is 0 Å². The van der Waals surface area contributed by atoms with Crippen molar-refractivity contribution >= 4 is 32.4 Å². The number of hydrogen-bond donors (Lipinski definition) is 1. The summed E-state index contributed by atoms with van der Waals surface area (Å²) in [6.07, 6.45) is 3.36. The van der Waals surface area contributed by atoms with Crippen molar-refractivity contribution in [1.29, 1.82) is 0 Å². The molecule has 0 bridgehead atoms. The number of allylic oxidation sites excluding steroid dienone is 4. The van der Waals surface area contributed by atoms with Gasteiger partial charge in [0, 0.05) is 0 Å². The summed E-state index contributed by atoms with van der Waals surface area (Å²) in [6, 6.07) is 0. The molecule has 6 heteroatoms. The van der Waals surface area contributed by atoms with Crippen molar-refractivity contribution in [2.45, 2.75) is 27.7 Å². The van der Waals surface area contributed by atoms with Crippen molar-refractivity contribution in [2.75, 3.05) is 6.61 Å². The van der Waals surface area contributed by atoms with Gasteiger partial charge in [0.15, 0.2) is 0 Å². The second-order valence-electron chi connectivity index (χ2n) is 3.17. The monoisotopic (exact) mass is 347 g/mol. The quantitative estimate of drug-likeness (QED) is 0.540. The fourth-order valence-electron chi connectivity index (χ4n) is 1.16. The van der Waals surface area contributed by atoms with E-state index in [1.54, 1.807) is 7.63 Å². The molecule has 0 amide bonds. The molecule has 0 fully saturated rings. The van der Waals surface area contributed by atoms with Crippen LogP contribution in [0.5, 0.6) is 0 Å². The maximum absolute atomic E-state index is 9.07. The van der Waals surface area contributed by atoms with E-state index in [4.69, 9.17) is 8.43 Å². The van der Waals surface area contributed by atoms with Crippen LogP contribution >= 0.6 is 24.8 Å². The van der Waals surface area contributed by atoms with Crippen LogP contribution in [0, 0.1) is 26.3 Å². The van der Waals surface area contributed by atoms with E-state index in [1.165, 1.54) is 16.7 Å². The molecule has 1 rings (SSSR count). The van der Waals surface area contributed by atoms with Crippen LogP contribution in [0.3, 0.4) is 0 Å². The summed E-state index contributed by atoms with van der Waals surface area (Å²) in [4.78, 5) is 0. The summed E-state index contributed by atoms with van der Waals surface area (Å²) in [5, 5.41) is 7.46. The average Bonchev–Trinajstić information content (AvgIpc) is 2.36. The van der Waals surface area contributed by atoms with E-state index in [1.807, 2.05) is 0 Å². The molecule has 1 aliphatic rings. The number of rotatable bonds is 0. The van der Waals surface area contributed by atoms with Crippen LogP contribution in [0.4, 0.5) is 0 Å². The summed E-state index contributed by atoms with van der Waals surface area (Å²) in [5.74, 6) is 0.560. The molecule has 1 unspecified atom stereocenters. The van der Waals surface area contributed by atoms with Crippen molar-refractivity contribution in [1.82, 2.24) is 0 Å². The number of aliphatic hydroxyl groups excluding tert-OH is 1. The first-order chi connectivity index (χ1) is 6.95.